The van der Waals surface area contributed by atoms with Gasteiger partial charge in [0.15, 0.2) is 0 Å². The molecule has 3 aliphatic rings. The van der Waals surface area contributed by atoms with Crippen LogP contribution in [-0.4, -0.2) is 37.2 Å². The van der Waals surface area contributed by atoms with Crippen LogP contribution in [0.5, 0.6) is 0 Å². The van der Waals surface area contributed by atoms with Crippen LogP contribution in [0.1, 0.15) is 62.7 Å². The van der Waals surface area contributed by atoms with Gasteiger partial charge in [-0.2, -0.15) is 0 Å². The molecule has 2 aliphatic heterocycles. The van der Waals surface area contributed by atoms with Gasteiger partial charge in [0.05, 0.1) is 51.4 Å². The van der Waals surface area contributed by atoms with Gasteiger partial charge in [0.25, 0.3) is 0 Å². The van der Waals surface area contributed by atoms with Gasteiger partial charge < -0.3 is 22.1 Å². The summed E-state index contributed by atoms with van der Waals surface area (Å²) in [5.41, 5.74) is 26.5. The molecule has 0 radical (unpaired) electrons. The fourth-order valence-corrected chi connectivity index (χ4v) is 6.36. The van der Waals surface area contributed by atoms with Crippen LogP contribution in [0, 0.1) is 0 Å². The Labute approximate surface area is 353 Å². The smallest absolute Gasteiger partial charge is 0.696 e. The van der Waals surface area contributed by atoms with Crippen molar-refractivity contribution >= 4 is 51.1 Å². The van der Waals surface area contributed by atoms with Crippen LogP contribution >= 0.6 is 0 Å². The molecule has 10 nitrogen and oxygen atoms in total. The molecule has 0 bridgehead atoms. The van der Waals surface area contributed by atoms with E-state index in [-0.39, 0.29) is 25.5 Å². The van der Waals surface area contributed by atoms with Crippen molar-refractivity contribution in [3.8, 4) is 11.4 Å². The molecule has 0 spiro atoms. The number of hydrogen-bond donors (Lipinski definition) is 2. The van der Waals surface area contributed by atoms with Crippen LogP contribution < -0.4 is 11.1 Å². The largest absolute Gasteiger partial charge is 2.00 e. The number of nitrogens with two attached hydrogens (primary N) is 1. The average molecular weight is 852 g/mol. The fourth-order valence-electron chi connectivity index (χ4n) is 6.36. The maximum Gasteiger partial charge on any atom is 2.00 e. The van der Waals surface area contributed by atoms with Crippen molar-refractivity contribution in [2.24, 2.45) is 10.7 Å². The van der Waals surface area contributed by atoms with E-state index in [9.17, 15) is 0 Å². The Morgan fingerprint density at radius 3 is 1.97 bits per heavy atom. The number of aliphatic imine (C=N–C) groups is 1. The molecule has 0 saturated carbocycles. The Kier molecular flexibility index (Phi) is 15.5. The summed E-state index contributed by atoms with van der Waals surface area (Å²) >= 11 is 0. The minimum atomic E-state index is -0.182. The average Bonchev–Trinajstić information content (AvgIpc) is 3.28. The molecule has 5 aromatic heterocycles. The predicted octanol–water partition coefficient (Wildman–Crippen LogP) is 11.8. The topological polar surface area (TPSA) is 153 Å². The first-order chi connectivity index (χ1) is 28.0. The third kappa shape index (κ3) is 9.68. The SMILES string of the molecule is C/C=C\C1=C(N)c2ncccc2C2Nc3c(c(/C=C\C)c([NH-])c4ncccc34)N=C12.C1=CC[N-]C(c2ccccn2)=C1.CCC.[Ru+2].c1ccc(-c2ccccn2)nc1. The second kappa shape index (κ2) is 21.1. The maximum absolute atomic E-state index is 8.73. The number of anilines is 1. The molecule has 292 valence electrons. The Morgan fingerprint density at radius 1 is 0.776 bits per heavy atom. The standard InChI is InChI=1S/C24H21N6.C10H9N2.C10H8N2.C3H8.Ru/c1-3-7-13-17(25)19-15(9-5-11-27-19)23-21(13)29-22-14(8-4-2)18(26)20-16(24(22)30-23)10-6-12-28-20;2*1-3-7-11-9(5-1)10-6-2-4-8-12-10;1-3-2;/h3-12,23,26,30H,25H2,1-2H3;1-7H,8H2;1-8H;3H2,1-2H3;/q2*-1;;;+2/b7-3-,8-4-;;;;. The number of aromatic nitrogens is 5. The van der Waals surface area contributed by atoms with Crippen molar-refractivity contribution in [1.29, 1.82) is 0 Å². The van der Waals surface area contributed by atoms with Crippen LogP contribution in [0.3, 0.4) is 0 Å². The van der Waals surface area contributed by atoms with Gasteiger partial charge in [0.1, 0.15) is 0 Å². The van der Waals surface area contributed by atoms with Crippen LogP contribution in [0.15, 0.2) is 157 Å². The summed E-state index contributed by atoms with van der Waals surface area (Å²) in [6.07, 6.45) is 23.8. The minimum Gasteiger partial charge on any atom is -0.696 e. The molecule has 1 atom stereocenters. The summed E-state index contributed by atoms with van der Waals surface area (Å²) < 4.78 is 0. The molecule has 4 N–H and O–H groups in total. The third-order valence-corrected chi connectivity index (χ3v) is 8.78. The molecule has 1 aromatic carbocycles. The second-order valence-electron chi connectivity index (χ2n) is 12.9. The summed E-state index contributed by atoms with van der Waals surface area (Å²) in [5.74, 6) is 0. The van der Waals surface area contributed by atoms with Gasteiger partial charge in [0.2, 0.25) is 0 Å². The van der Waals surface area contributed by atoms with Crippen LogP contribution in [0.25, 0.3) is 50.8 Å². The predicted molar refractivity (Wildman–Crippen MR) is 237 cm³/mol. The molecular weight excluding hydrogens is 806 g/mol. The van der Waals surface area contributed by atoms with E-state index in [1.165, 1.54) is 6.42 Å². The van der Waals surface area contributed by atoms with Gasteiger partial charge in [0, 0.05) is 53.2 Å². The van der Waals surface area contributed by atoms with Crippen molar-refractivity contribution in [1.82, 2.24) is 24.9 Å². The quantitative estimate of drug-likeness (QED) is 0.167. The van der Waals surface area contributed by atoms with Crippen LogP contribution in [0.4, 0.5) is 17.1 Å². The van der Waals surface area contributed by atoms with Gasteiger partial charge in [-0.15, -0.1) is 24.0 Å². The molecule has 0 fully saturated rings. The zero-order chi connectivity index (χ0) is 40.0. The van der Waals surface area contributed by atoms with E-state index < -0.39 is 0 Å². The molecule has 7 heterocycles. The number of nitrogens with one attached hydrogen (secondary N) is 2. The van der Waals surface area contributed by atoms with E-state index in [1.807, 2.05) is 135 Å². The van der Waals surface area contributed by atoms with E-state index in [0.717, 1.165) is 74.2 Å². The van der Waals surface area contributed by atoms with Crippen molar-refractivity contribution < 1.29 is 19.5 Å². The maximum atomic E-state index is 8.73. The zero-order valence-corrected chi connectivity index (χ0v) is 34.7. The molecule has 11 heteroatoms. The summed E-state index contributed by atoms with van der Waals surface area (Å²) in [4.78, 5) is 26.7. The molecule has 9 rings (SSSR count). The van der Waals surface area contributed by atoms with Crippen molar-refractivity contribution in [2.45, 2.75) is 40.2 Å². The Morgan fingerprint density at radius 2 is 1.38 bits per heavy atom. The molecule has 0 saturated heterocycles. The molecule has 0 amide bonds. The Bertz CT molecular complexity index is 2440. The molecule has 1 unspecified atom stereocenters. The third-order valence-electron chi connectivity index (χ3n) is 8.78. The summed E-state index contributed by atoms with van der Waals surface area (Å²) in [7, 11) is 0. The number of benzene rings is 1. The number of fused-ring (bicyclic) bond motifs is 6. The van der Waals surface area contributed by atoms with Gasteiger partial charge in [-0.3, -0.25) is 24.9 Å². The van der Waals surface area contributed by atoms with Crippen molar-refractivity contribution in [3.05, 3.63) is 185 Å². The van der Waals surface area contributed by atoms with E-state index in [0.29, 0.717) is 16.9 Å². The monoisotopic (exact) mass is 852 g/mol. The number of pyridine rings is 5. The first-order valence-electron chi connectivity index (χ1n) is 19.0. The molecular formula is C47H46N10Ru. The van der Waals surface area contributed by atoms with Gasteiger partial charge in [-0.25, -0.2) is 4.99 Å². The minimum absolute atomic E-state index is 0. The van der Waals surface area contributed by atoms with Gasteiger partial charge in [-0.05, 0) is 74.0 Å². The number of nitrogens with zero attached hydrogens (tertiary/aromatic N) is 7. The van der Waals surface area contributed by atoms with Gasteiger partial charge >= 0.3 is 19.5 Å². The van der Waals surface area contributed by atoms with Crippen molar-refractivity contribution in [3.63, 3.8) is 0 Å². The van der Waals surface area contributed by atoms with Crippen LogP contribution in [0.2, 0.25) is 0 Å². The summed E-state index contributed by atoms with van der Waals surface area (Å²) in [6.45, 7) is 8.91. The number of hydrogen-bond acceptors (Lipinski definition) is 8. The van der Waals surface area contributed by atoms with E-state index in [2.05, 4.69) is 49.4 Å². The fraction of sp³-hybridized carbons (Fsp3) is 0.149. The van der Waals surface area contributed by atoms with E-state index in [1.54, 1.807) is 31.0 Å². The first kappa shape index (κ1) is 42.6. The summed E-state index contributed by atoms with van der Waals surface area (Å²) in [5, 5.41) is 8.88. The second-order valence-corrected chi connectivity index (χ2v) is 12.9. The summed E-state index contributed by atoms with van der Waals surface area (Å²) in [6, 6.07) is 25.1. The van der Waals surface area contributed by atoms with Crippen molar-refractivity contribution in [2.75, 3.05) is 11.9 Å². The Hall–Kier alpha value is -6.58. The zero-order valence-electron chi connectivity index (χ0n) is 33.0. The molecule has 1 aliphatic carbocycles. The normalized spacial score (nSPS) is 14.6. The number of allylic oxidation sites excluding steroid dienone is 5. The first-order valence-corrected chi connectivity index (χ1v) is 19.0. The van der Waals surface area contributed by atoms with Crippen LogP contribution in [-0.2, 0) is 19.5 Å². The molecule has 58 heavy (non-hydrogen) atoms. The molecule has 6 aromatic rings. The Balaban J connectivity index is 0.000000188. The van der Waals surface area contributed by atoms with E-state index >= 15 is 0 Å². The number of rotatable bonds is 4. The van der Waals surface area contributed by atoms with E-state index in [4.69, 9.17) is 16.5 Å². The van der Waals surface area contributed by atoms with Gasteiger partial charge in [-0.1, -0.05) is 81.0 Å².